The molecule has 1 unspecified atom stereocenters. The van der Waals surface area contributed by atoms with E-state index in [4.69, 9.17) is 9.15 Å². The van der Waals surface area contributed by atoms with Crippen molar-refractivity contribution in [1.29, 1.82) is 0 Å². The SMILES string of the molecule is O=S(=O)(NCC1CCCN1c1nc2ccccc2o1)c1ccc(Oc2ccccc2)cc1. The molecule has 1 saturated heterocycles. The zero-order valence-corrected chi connectivity index (χ0v) is 18.2. The lowest BCUT2D eigenvalue weighted by atomic mass is 10.2. The molecular formula is C24H23N3O4S. The number of rotatable bonds is 7. The maximum atomic E-state index is 12.8. The summed E-state index contributed by atoms with van der Waals surface area (Å²) in [4.78, 5) is 6.80. The van der Waals surface area contributed by atoms with Crippen molar-refractivity contribution in [3.8, 4) is 11.5 Å². The van der Waals surface area contributed by atoms with Crippen molar-refractivity contribution in [2.75, 3.05) is 18.0 Å². The second kappa shape index (κ2) is 8.64. The van der Waals surface area contributed by atoms with Gasteiger partial charge in [-0.3, -0.25) is 0 Å². The van der Waals surface area contributed by atoms with E-state index >= 15 is 0 Å². The van der Waals surface area contributed by atoms with Crippen molar-refractivity contribution in [1.82, 2.24) is 9.71 Å². The number of nitrogens with one attached hydrogen (secondary N) is 1. The van der Waals surface area contributed by atoms with Crippen molar-refractivity contribution in [2.45, 2.75) is 23.8 Å². The van der Waals surface area contributed by atoms with E-state index in [-0.39, 0.29) is 17.5 Å². The predicted octanol–water partition coefficient (Wildman–Crippen LogP) is 4.57. The minimum absolute atomic E-state index is 0.0153. The average Bonchev–Trinajstić information content (AvgIpc) is 3.45. The molecule has 1 aliphatic rings. The van der Waals surface area contributed by atoms with Crippen LogP contribution in [0.1, 0.15) is 12.8 Å². The van der Waals surface area contributed by atoms with Crippen LogP contribution in [0.3, 0.4) is 0 Å². The number of hydrogen-bond acceptors (Lipinski definition) is 6. The van der Waals surface area contributed by atoms with Gasteiger partial charge in [-0.25, -0.2) is 13.1 Å². The smallest absolute Gasteiger partial charge is 0.298 e. The Kier molecular flexibility index (Phi) is 5.55. The molecule has 3 aromatic carbocycles. The molecule has 1 atom stereocenters. The molecule has 7 nitrogen and oxygen atoms in total. The van der Waals surface area contributed by atoms with Gasteiger partial charge in [0.1, 0.15) is 17.0 Å². The minimum atomic E-state index is -3.65. The number of ether oxygens (including phenoxy) is 1. The fourth-order valence-electron chi connectivity index (χ4n) is 3.88. The molecule has 1 aliphatic heterocycles. The summed E-state index contributed by atoms with van der Waals surface area (Å²) in [5.74, 6) is 1.27. The van der Waals surface area contributed by atoms with Gasteiger partial charge in [0.2, 0.25) is 10.0 Å². The lowest BCUT2D eigenvalue weighted by Gasteiger charge is -2.23. The summed E-state index contributed by atoms with van der Waals surface area (Å²) in [5.41, 5.74) is 1.53. The molecule has 1 N–H and O–H groups in total. The molecule has 0 amide bonds. The number of para-hydroxylation sites is 3. The summed E-state index contributed by atoms with van der Waals surface area (Å²) >= 11 is 0. The fourth-order valence-corrected chi connectivity index (χ4v) is 4.96. The Morgan fingerprint density at radius 2 is 1.69 bits per heavy atom. The van der Waals surface area contributed by atoms with Crippen molar-refractivity contribution in [3.05, 3.63) is 78.9 Å². The van der Waals surface area contributed by atoms with Crippen LogP contribution in [-0.4, -0.2) is 32.5 Å². The molecule has 32 heavy (non-hydrogen) atoms. The Hall–Kier alpha value is -3.36. The molecule has 0 saturated carbocycles. The van der Waals surface area contributed by atoms with Gasteiger partial charge in [-0.15, -0.1) is 0 Å². The Labute approximate surface area is 186 Å². The lowest BCUT2D eigenvalue weighted by Crippen LogP contribution is -2.40. The number of aromatic nitrogens is 1. The summed E-state index contributed by atoms with van der Waals surface area (Å²) in [6.45, 7) is 1.06. The standard InChI is InChI=1S/C24H23N3O4S/c28-32(29,21-14-12-20(13-15-21)30-19-8-2-1-3-9-19)25-17-18-7-6-16-27(18)24-26-22-10-4-5-11-23(22)31-24/h1-5,8-15,18,25H,6-7,16-17H2. The summed E-state index contributed by atoms with van der Waals surface area (Å²) in [6, 6.07) is 23.9. The second-order valence-electron chi connectivity index (χ2n) is 7.69. The summed E-state index contributed by atoms with van der Waals surface area (Å²) < 4.78 is 40.0. The first-order valence-electron chi connectivity index (χ1n) is 10.5. The predicted molar refractivity (Wildman–Crippen MR) is 123 cm³/mol. The lowest BCUT2D eigenvalue weighted by molar-refractivity contribution is 0.482. The molecule has 4 aromatic rings. The van der Waals surface area contributed by atoms with E-state index in [9.17, 15) is 8.42 Å². The molecule has 2 heterocycles. The van der Waals surface area contributed by atoms with E-state index in [0.29, 0.717) is 17.5 Å². The summed E-state index contributed by atoms with van der Waals surface area (Å²) in [7, 11) is -3.65. The molecule has 0 radical (unpaired) electrons. The van der Waals surface area contributed by atoms with Gasteiger partial charge in [0.25, 0.3) is 6.01 Å². The molecule has 8 heteroatoms. The van der Waals surface area contributed by atoms with Crippen LogP contribution in [0.4, 0.5) is 6.01 Å². The monoisotopic (exact) mass is 449 g/mol. The molecule has 0 bridgehead atoms. The Morgan fingerprint density at radius 1 is 0.969 bits per heavy atom. The first-order valence-corrected chi connectivity index (χ1v) is 12.0. The van der Waals surface area contributed by atoms with Crippen LogP contribution in [0.15, 0.2) is 88.2 Å². The van der Waals surface area contributed by atoms with Gasteiger partial charge in [-0.1, -0.05) is 30.3 Å². The second-order valence-corrected chi connectivity index (χ2v) is 9.46. The quantitative estimate of drug-likeness (QED) is 0.445. The third-order valence-corrected chi connectivity index (χ3v) is 6.97. The van der Waals surface area contributed by atoms with Gasteiger partial charge in [0, 0.05) is 19.1 Å². The third kappa shape index (κ3) is 4.32. The molecule has 164 valence electrons. The number of anilines is 1. The van der Waals surface area contributed by atoms with Gasteiger partial charge in [0.05, 0.1) is 4.90 Å². The zero-order chi connectivity index (χ0) is 22.0. The van der Waals surface area contributed by atoms with Gasteiger partial charge < -0.3 is 14.1 Å². The first kappa shape index (κ1) is 20.5. The minimum Gasteiger partial charge on any atom is -0.457 e. The van der Waals surface area contributed by atoms with E-state index in [2.05, 4.69) is 9.71 Å². The van der Waals surface area contributed by atoms with Gasteiger partial charge >= 0.3 is 0 Å². The number of benzene rings is 3. The molecule has 5 rings (SSSR count). The van der Waals surface area contributed by atoms with Crippen molar-refractivity contribution >= 4 is 27.1 Å². The molecular weight excluding hydrogens is 426 g/mol. The van der Waals surface area contributed by atoms with Crippen LogP contribution >= 0.6 is 0 Å². The van der Waals surface area contributed by atoms with E-state index in [1.807, 2.05) is 59.5 Å². The average molecular weight is 450 g/mol. The number of hydrogen-bond donors (Lipinski definition) is 1. The highest BCUT2D eigenvalue weighted by atomic mass is 32.2. The molecule has 1 fully saturated rings. The number of fused-ring (bicyclic) bond motifs is 1. The van der Waals surface area contributed by atoms with E-state index in [1.54, 1.807) is 24.3 Å². The highest BCUT2D eigenvalue weighted by Gasteiger charge is 2.29. The molecule has 1 aromatic heterocycles. The van der Waals surface area contributed by atoms with Gasteiger partial charge in [0.15, 0.2) is 5.58 Å². The fraction of sp³-hybridized carbons (Fsp3) is 0.208. The Balaban J connectivity index is 1.25. The largest absolute Gasteiger partial charge is 0.457 e. The van der Waals surface area contributed by atoms with Crippen LogP contribution in [0.5, 0.6) is 11.5 Å². The highest BCUT2D eigenvalue weighted by molar-refractivity contribution is 7.89. The van der Waals surface area contributed by atoms with E-state index < -0.39 is 10.0 Å². The number of nitrogens with zero attached hydrogens (tertiary/aromatic N) is 2. The Bertz CT molecular complexity index is 1270. The first-order chi connectivity index (χ1) is 15.6. The van der Waals surface area contributed by atoms with Crippen LogP contribution in [-0.2, 0) is 10.0 Å². The number of oxazole rings is 1. The van der Waals surface area contributed by atoms with Crippen LogP contribution in [0, 0.1) is 0 Å². The Morgan fingerprint density at radius 3 is 2.47 bits per heavy atom. The third-order valence-electron chi connectivity index (χ3n) is 5.53. The van der Waals surface area contributed by atoms with E-state index in [0.717, 1.165) is 30.5 Å². The van der Waals surface area contributed by atoms with Crippen LogP contribution < -0.4 is 14.4 Å². The normalized spacial score (nSPS) is 16.5. The molecule has 0 spiro atoms. The zero-order valence-electron chi connectivity index (χ0n) is 17.3. The number of sulfonamides is 1. The van der Waals surface area contributed by atoms with Gasteiger partial charge in [-0.2, -0.15) is 4.98 Å². The summed E-state index contributed by atoms with van der Waals surface area (Å²) in [5, 5.41) is 0. The molecule has 0 aliphatic carbocycles. The maximum Gasteiger partial charge on any atom is 0.298 e. The van der Waals surface area contributed by atoms with Crippen molar-refractivity contribution in [3.63, 3.8) is 0 Å². The van der Waals surface area contributed by atoms with Crippen molar-refractivity contribution < 1.29 is 17.6 Å². The summed E-state index contributed by atoms with van der Waals surface area (Å²) in [6.07, 6.45) is 1.82. The van der Waals surface area contributed by atoms with Crippen LogP contribution in [0.25, 0.3) is 11.1 Å². The van der Waals surface area contributed by atoms with Gasteiger partial charge in [-0.05, 0) is 61.4 Å². The highest BCUT2D eigenvalue weighted by Crippen LogP contribution is 2.28. The topological polar surface area (TPSA) is 84.7 Å². The van der Waals surface area contributed by atoms with Crippen molar-refractivity contribution in [2.24, 2.45) is 0 Å². The van der Waals surface area contributed by atoms with E-state index in [1.165, 1.54) is 0 Å². The van der Waals surface area contributed by atoms with Crippen LogP contribution in [0.2, 0.25) is 0 Å². The maximum absolute atomic E-state index is 12.8.